The van der Waals surface area contributed by atoms with E-state index in [2.05, 4.69) is 5.32 Å². The van der Waals surface area contributed by atoms with E-state index in [9.17, 15) is 10.1 Å². The lowest BCUT2D eigenvalue weighted by Gasteiger charge is -2.17. The zero-order chi connectivity index (χ0) is 15.4. The fourth-order valence-electron chi connectivity index (χ4n) is 2.20. The van der Waals surface area contributed by atoms with E-state index in [4.69, 9.17) is 23.2 Å². The van der Waals surface area contributed by atoms with Gasteiger partial charge in [-0.05, 0) is 25.1 Å². The Bertz CT molecular complexity index is 648. The first kappa shape index (κ1) is 15.8. The number of likely N-dealkylation sites (N-methyl/N-ethyl adjacent to an activating group) is 1. The highest BCUT2D eigenvalue weighted by Crippen LogP contribution is 2.33. The third-order valence-electron chi connectivity index (χ3n) is 3.29. The molecule has 0 heterocycles. The molecule has 0 aromatic heterocycles. The van der Waals surface area contributed by atoms with Gasteiger partial charge in [0.2, 0.25) is 0 Å². The largest absolute Gasteiger partial charge is 0.313 e. The summed E-state index contributed by atoms with van der Waals surface area (Å²) >= 11 is 11.9. The minimum atomic E-state index is -0.435. The second kappa shape index (κ2) is 6.89. The highest BCUT2D eigenvalue weighted by Gasteiger charge is 2.20. The number of hydrogen-bond acceptors (Lipinski definition) is 3. The molecular weight excluding hydrogens is 311 g/mol. The van der Waals surface area contributed by atoms with Crippen LogP contribution in [-0.4, -0.2) is 12.0 Å². The van der Waals surface area contributed by atoms with Crippen LogP contribution in [0.1, 0.15) is 17.2 Å². The predicted octanol–water partition coefficient (Wildman–Crippen LogP) is 4.40. The number of nitrogens with zero attached hydrogens (tertiary/aromatic N) is 1. The molecular formula is C15H14Cl2N2O2. The van der Waals surface area contributed by atoms with Crippen molar-refractivity contribution in [1.29, 1.82) is 0 Å². The highest BCUT2D eigenvalue weighted by atomic mass is 35.5. The second-order valence-corrected chi connectivity index (χ2v) is 5.42. The molecule has 0 amide bonds. The Morgan fingerprint density at radius 3 is 2.38 bits per heavy atom. The maximum absolute atomic E-state index is 11.2. The van der Waals surface area contributed by atoms with Crippen LogP contribution < -0.4 is 5.32 Å². The van der Waals surface area contributed by atoms with Crippen molar-refractivity contribution in [2.45, 2.75) is 12.5 Å². The van der Waals surface area contributed by atoms with Gasteiger partial charge >= 0.3 is 0 Å². The zero-order valence-corrected chi connectivity index (χ0v) is 12.9. The Morgan fingerprint density at radius 2 is 1.81 bits per heavy atom. The molecule has 0 spiro atoms. The van der Waals surface area contributed by atoms with Crippen molar-refractivity contribution in [2.75, 3.05) is 7.05 Å². The number of nitro benzene ring substituents is 1. The Morgan fingerprint density at radius 1 is 1.19 bits per heavy atom. The average molecular weight is 325 g/mol. The van der Waals surface area contributed by atoms with Crippen LogP contribution in [0.15, 0.2) is 42.5 Å². The topological polar surface area (TPSA) is 55.2 Å². The number of nitrogens with one attached hydrogen (secondary N) is 1. The van der Waals surface area contributed by atoms with Crippen molar-refractivity contribution in [3.8, 4) is 0 Å². The molecule has 4 nitrogen and oxygen atoms in total. The first-order chi connectivity index (χ1) is 10.0. The third kappa shape index (κ3) is 3.73. The van der Waals surface area contributed by atoms with Crippen molar-refractivity contribution in [1.82, 2.24) is 5.32 Å². The molecule has 0 saturated carbocycles. The molecule has 0 radical (unpaired) electrons. The van der Waals surface area contributed by atoms with Crippen molar-refractivity contribution in [2.24, 2.45) is 0 Å². The van der Waals surface area contributed by atoms with E-state index in [1.54, 1.807) is 6.07 Å². The van der Waals surface area contributed by atoms with Gasteiger partial charge in [-0.3, -0.25) is 10.1 Å². The summed E-state index contributed by atoms with van der Waals surface area (Å²) in [7, 11) is 1.82. The number of rotatable bonds is 5. The first-order valence-corrected chi connectivity index (χ1v) is 7.13. The molecule has 110 valence electrons. The van der Waals surface area contributed by atoms with Gasteiger partial charge in [0.1, 0.15) is 0 Å². The van der Waals surface area contributed by atoms with E-state index in [1.807, 2.05) is 37.4 Å². The monoisotopic (exact) mass is 324 g/mol. The van der Waals surface area contributed by atoms with E-state index < -0.39 is 4.92 Å². The van der Waals surface area contributed by atoms with Gasteiger partial charge in [0.25, 0.3) is 5.69 Å². The van der Waals surface area contributed by atoms with Crippen LogP contribution >= 0.6 is 23.2 Å². The molecule has 0 aliphatic heterocycles. The quantitative estimate of drug-likeness (QED) is 0.654. The SMILES string of the molecule is CNC(Cc1cc(Cl)c(Cl)cc1[N+](=O)[O-])c1ccccc1. The van der Waals surface area contributed by atoms with Gasteiger partial charge in [0, 0.05) is 17.7 Å². The van der Waals surface area contributed by atoms with Gasteiger partial charge in [-0.15, -0.1) is 0 Å². The van der Waals surface area contributed by atoms with Crippen molar-refractivity contribution < 1.29 is 4.92 Å². The summed E-state index contributed by atoms with van der Waals surface area (Å²) in [6.07, 6.45) is 0.452. The van der Waals surface area contributed by atoms with Crippen molar-refractivity contribution in [3.05, 3.63) is 73.8 Å². The van der Waals surface area contributed by atoms with Gasteiger partial charge in [-0.25, -0.2) is 0 Å². The molecule has 0 bridgehead atoms. The van der Waals surface area contributed by atoms with Crippen LogP contribution in [0.5, 0.6) is 0 Å². The number of nitro groups is 1. The molecule has 0 aliphatic rings. The Balaban J connectivity index is 2.37. The van der Waals surface area contributed by atoms with E-state index in [1.165, 1.54) is 6.07 Å². The van der Waals surface area contributed by atoms with Crippen LogP contribution in [0.25, 0.3) is 0 Å². The summed E-state index contributed by atoms with van der Waals surface area (Å²) in [6, 6.07) is 12.6. The fraction of sp³-hybridized carbons (Fsp3) is 0.200. The Kier molecular flexibility index (Phi) is 5.17. The average Bonchev–Trinajstić information content (AvgIpc) is 2.48. The molecule has 1 unspecified atom stereocenters. The minimum absolute atomic E-state index is 0.0134. The van der Waals surface area contributed by atoms with E-state index in [0.717, 1.165) is 5.56 Å². The molecule has 0 aliphatic carbocycles. The molecule has 0 saturated heterocycles. The van der Waals surface area contributed by atoms with Gasteiger partial charge in [-0.1, -0.05) is 53.5 Å². The van der Waals surface area contributed by atoms with Crippen LogP contribution in [-0.2, 0) is 6.42 Å². The molecule has 1 atom stereocenters. The number of hydrogen-bond donors (Lipinski definition) is 1. The number of halogens is 2. The highest BCUT2D eigenvalue weighted by molar-refractivity contribution is 6.42. The maximum atomic E-state index is 11.2. The molecule has 0 fully saturated rings. The summed E-state index contributed by atoms with van der Waals surface area (Å²) in [6.45, 7) is 0. The van der Waals surface area contributed by atoms with Crippen LogP contribution in [0.2, 0.25) is 10.0 Å². The zero-order valence-electron chi connectivity index (χ0n) is 11.3. The second-order valence-electron chi connectivity index (χ2n) is 4.61. The molecule has 1 N–H and O–H groups in total. The lowest BCUT2D eigenvalue weighted by molar-refractivity contribution is -0.385. The molecule has 2 aromatic rings. The smallest absolute Gasteiger partial charge is 0.274 e. The van der Waals surface area contributed by atoms with Crippen molar-refractivity contribution in [3.63, 3.8) is 0 Å². The standard InChI is InChI=1S/C15H14Cl2N2O2/c1-18-14(10-5-3-2-4-6-10)8-11-7-12(16)13(17)9-15(11)19(20)21/h2-7,9,14,18H,8H2,1H3. The summed E-state index contributed by atoms with van der Waals surface area (Å²) in [5.41, 5.74) is 1.60. The molecule has 2 rings (SSSR count). The van der Waals surface area contributed by atoms with Crippen LogP contribution in [0, 0.1) is 10.1 Å². The number of benzene rings is 2. The van der Waals surface area contributed by atoms with Gasteiger partial charge in [0.15, 0.2) is 0 Å². The minimum Gasteiger partial charge on any atom is -0.313 e. The van der Waals surface area contributed by atoms with E-state index in [0.29, 0.717) is 17.0 Å². The summed E-state index contributed by atoms with van der Waals surface area (Å²) < 4.78 is 0. The lowest BCUT2D eigenvalue weighted by atomic mass is 9.98. The predicted molar refractivity (Wildman–Crippen MR) is 85.1 cm³/mol. The van der Waals surface area contributed by atoms with Crippen molar-refractivity contribution >= 4 is 28.9 Å². The third-order valence-corrected chi connectivity index (χ3v) is 4.01. The van der Waals surface area contributed by atoms with Crippen LogP contribution in [0.3, 0.4) is 0 Å². The summed E-state index contributed by atoms with van der Waals surface area (Å²) in [4.78, 5) is 10.7. The van der Waals surface area contributed by atoms with Gasteiger partial charge in [0.05, 0.1) is 15.0 Å². The molecule has 6 heteroatoms. The molecule has 2 aromatic carbocycles. The Labute approximate surface area is 132 Å². The molecule has 21 heavy (non-hydrogen) atoms. The van der Waals surface area contributed by atoms with E-state index >= 15 is 0 Å². The van der Waals surface area contributed by atoms with Crippen LogP contribution in [0.4, 0.5) is 5.69 Å². The Hall–Kier alpha value is -1.62. The normalized spacial score (nSPS) is 12.1. The van der Waals surface area contributed by atoms with Gasteiger partial charge in [-0.2, -0.15) is 0 Å². The first-order valence-electron chi connectivity index (χ1n) is 6.37. The summed E-state index contributed by atoms with van der Waals surface area (Å²) in [5.74, 6) is 0. The maximum Gasteiger partial charge on any atom is 0.274 e. The lowest BCUT2D eigenvalue weighted by Crippen LogP contribution is -2.19. The van der Waals surface area contributed by atoms with E-state index in [-0.39, 0.29) is 16.8 Å². The fourth-order valence-corrected chi connectivity index (χ4v) is 2.55. The van der Waals surface area contributed by atoms with Gasteiger partial charge < -0.3 is 5.32 Å². The summed E-state index contributed by atoms with van der Waals surface area (Å²) in [5, 5.41) is 14.9.